The molecule has 2 aromatic heterocycles. The Morgan fingerprint density at radius 1 is 1.30 bits per heavy atom. The van der Waals surface area contributed by atoms with Gasteiger partial charge in [-0.25, -0.2) is 0 Å². The van der Waals surface area contributed by atoms with Crippen LogP contribution in [0.15, 0.2) is 63.4 Å². The summed E-state index contributed by atoms with van der Waals surface area (Å²) in [7, 11) is 0. The minimum Gasteiger partial charge on any atom is -0.467 e. The molecule has 0 spiro atoms. The second-order valence-electron chi connectivity index (χ2n) is 3.83. The van der Waals surface area contributed by atoms with Gasteiger partial charge in [0.15, 0.2) is 0 Å². The fraction of sp³-hybridized carbons (Fsp3) is 0.0667. The van der Waals surface area contributed by atoms with E-state index in [-0.39, 0.29) is 12.1 Å². The van der Waals surface area contributed by atoms with Gasteiger partial charge in [0.05, 0.1) is 19.1 Å². The molecule has 1 amide bonds. The number of nitriles is 1. The Morgan fingerprint density at radius 2 is 2.10 bits per heavy atom. The molecule has 0 aliphatic heterocycles. The van der Waals surface area contributed by atoms with Crippen LogP contribution in [0.5, 0.6) is 0 Å². The molecule has 5 heteroatoms. The molecular weight excluding hydrogens is 256 g/mol. The molecule has 0 bridgehead atoms. The zero-order valence-electron chi connectivity index (χ0n) is 10.6. The lowest BCUT2D eigenvalue weighted by atomic mass is 10.2. The number of hydrogen-bond donors (Lipinski definition) is 1. The molecular formula is C15H12N2O3. The van der Waals surface area contributed by atoms with Crippen molar-refractivity contribution in [1.29, 1.82) is 5.26 Å². The minimum absolute atomic E-state index is 0.0133. The van der Waals surface area contributed by atoms with E-state index in [1.165, 1.54) is 12.3 Å². The van der Waals surface area contributed by atoms with Crippen molar-refractivity contribution in [2.75, 3.05) is 0 Å². The zero-order valence-corrected chi connectivity index (χ0v) is 10.6. The Hall–Kier alpha value is -3.00. The van der Waals surface area contributed by atoms with Gasteiger partial charge >= 0.3 is 0 Å². The van der Waals surface area contributed by atoms with E-state index in [2.05, 4.69) is 5.32 Å². The molecule has 5 nitrogen and oxygen atoms in total. The lowest BCUT2D eigenvalue weighted by molar-refractivity contribution is -0.117. The number of hydrogen-bond acceptors (Lipinski definition) is 4. The minimum atomic E-state index is -0.451. The molecule has 0 aliphatic carbocycles. The molecule has 0 aromatic carbocycles. The number of carbonyl (C=O) groups excluding carboxylic acids is 1. The van der Waals surface area contributed by atoms with Crippen LogP contribution in [0.25, 0.3) is 6.08 Å². The van der Waals surface area contributed by atoms with Gasteiger partial charge in [-0.15, -0.1) is 0 Å². The largest absolute Gasteiger partial charge is 0.467 e. The summed E-state index contributed by atoms with van der Waals surface area (Å²) in [5.41, 5.74) is 0.0133. The molecule has 100 valence electrons. The van der Waals surface area contributed by atoms with Crippen LogP contribution < -0.4 is 5.32 Å². The van der Waals surface area contributed by atoms with Crippen molar-refractivity contribution in [3.63, 3.8) is 0 Å². The summed E-state index contributed by atoms with van der Waals surface area (Å²) in [4.78, 5) is 11.8. The van der Waals surface area contributed by atoms with Crippen molar-refractivity contribution < 1.29 is 13.6 Å². The maximum absolute atomic E-state index is 11.8. The highest BCUT2D eigenvalue weighted by atomic mass is 16.3. The molecule has 2 rings (SSSR count). The van der Waals surface area contributed by atoms with Crippen molar-refractivity contribution in [1.82, 2.24) is 5.32 Å². The topological polar surface area (TPSA) is 79.2 Å². The predicted molar refractivity (Wildman–Crippen MR) is 72.0 cm³/mol. The number of carbonyl (C=O) groups is 1. The van der Waals surface area contributed by atoms with E-state index in [4.69, 9.17) is 14.1 Å². The molecule has 0 unspecified atom stereocenters. The number of allylic oxidation sites excluding steroid dienone is 2. The van der Waals surface area contributed by atoms with Gasteiger partial charge in [-0.1, -0.05) is 6.08 Å². The molecule has 0 atom stereocenters. The molecule has 0 saturated heterocycles. The molecule has 1 N–H and O–H groups in total. The fourth-order valence-electron chi connectivity index (χ4n) is 1.46. The predicted octanol–water partition coefficient (Wildman–Crippen LogP) is 2.65. The monoisotopic (exact) mass is 268 g/mol. The molecule has 0 radical (unpaired) electrons. The Morgan fingerprint density at radius 3 is 2.75 bits per heavy atom. The highest BCUT2D eigenvalue weighted by Gasteiger charge is 2.07. The van der Waals surface area contributed by atoms with E-state index < -0.39 is 5.91 Å². The number of amides is 1. The third-order valence-corrected chi connectivity index (χ3v) is 2.43. The summed E-state index contributed by atoms with van der Waals surface area (Å²) in [5, 5.41) is 11.5. The Bertz CT molecular complexity index is 644. The summed E-state index contributed by atoms with van der Waals surface area (Å²) in [6, 6.07) is 8.85. The second kappa shape index (κ2) is 6.81. The first kappa shape index (κ1) is 13.4. The SMILES string of the molecule is N#C/C(=C\C=C\c1ccco1)C(=O)NCc1ccco1. The van der Waals surface area contributed by atoms with Gasteiger partial charge in [0.1, 0.15) is 23.2 Å². The highest BCUT2D eigenvalue weighted by Crippen LogP contribution is 2.04. The maximum atomic E-state index is 11.8. The van der Waals surface area contributed by atoms with Crippen LogP contribution in [0.2, 0.25) is 0 Å². The molecule has 0 saturated carbocycles. The lowest BCUT2D eigenvalue weighted by Crippen LogP contribution is -2.23. The zero-order chi connectivity index (χ0) is 14.2. The maximum Gasteiger partial charge on any atom is 0.262 e. The van der Waals surface area contributed by atoms with Gasteiger partial charge in [-0.2, -0.15) is 5.26 Å². The van der Waals surface area contributed by atoms with Crippen LogP contribution in [-0.2, 0) is 11.3 Å². The Kier molecular flexibility index (Phi) is 4.57. The first-order valence-corrected chi connectivity index (χ1v) is 5.92. The summed E-state index contributed by atoms with van der Waals surface area (Å²) < 4.78 is 10.2. The summed E-state index contributed by atoms with van der Waals surface area (Å²) >= 11 is 0. The van der Waals surface area contributed by atoms with Gasteiger partial charge in [0.25, 0.3) is 5.91 Å². The summed E-state index contributed by atoms with van der Waals surface area (Å²) in [6.07, 6.45) is 7.75. The Balaban J connectivity index is 1.93. The van der Waals surface area contributed by atoms with Crippen molar-refractivity contribution in [3.05, 3.63) is 66.0 Å². The molecule has 0 fully saturated rings. The Labute approximate surface area is 115 Å². The lowest BCUT2D eigenvalue weighted by Gasteiger charge is -2.00. The molecule has 2 heterocycles. The van der Waals surface area contributed by atoms with E-state index in [1.54, 1.807) is 42.7 Å². The van der Waals surface area contributed by atoms with E-state index in [9.17, 15) is 4.79 Å². The number of rotatable bonds is 5. The average Bonchev–Trinajstić information content (AvgIpc) is 3.14. The van der Waals surface area contributed by atoms with Crippen LogP contribution >= 0.6 is 0 Å². The number of nitrogens with zero attached hydrogens (tertiary/aromatic N) is 1. The third kappa shape index (κ3) is 3.75. The first-order valence-electron chi connectivity index (χ1n) is 5.92. The average molecular weight is 268 g/mol. The van der Waals surface area contributed by atoms with Crippen molar-refractivity contribution in [2.24, 2.45) is 0 Å². The van der Waals surface area contributed by atoms with Crippen LogP contribution in [0.3, 0.4) is 0 Å². The molecule has 2 aromatic rings. The molecule has 20 heavy (non-hydrogen) atoms. The van der Waals surface area contributed by atoms with Gasteiger partial charge < -0.3 is 14.2 Å². The van der Waals surface area contributed by atoms with Gasteiger partial charge in [-0.3, -0.25) is 4.79 Å². The van der Waals surface area contributed by atoms with Crippen LogP contribution in [0.1, 0.15) is 11.5 Å². The second-order valence-corrected chi connectivity index (χ2v) is 3.83. The van der Waals surface area contributed by atoms with Crippen molar-refractivity contribution in [3.8, 4) is 6.07 Å². The smallest absolute Gasteiger partial charge is 0.262 e. The standard InChI is InChI=1S/C15H12N2O3/c16-10-12(4-1-5-13-6-2-8-19-13)15(18)17-11-14-7-3-9-20-14/h1-9H,11H2,(H,17,18)/b5-1+,12-4+. The van der Waals surface area contributed by atoms with Crippen LogP contribution in [0.4, 0.5) is 0 Å². The van der Waals surface area contributed by atoms with E-state index in [0.717, 1.165) is 0 Å². The number of nitrogens with one attached hydrogen (secondary N) is 1. The van der Waals surface area contributed by atoms with Gasteiger partial charge in [-0.05, 0) is 36.4 Å². The van der Waals surface area contributed by atoms with Crippen molar-refractivity contribution >= 4 is 12.0 Å². The van der Waals surface area contributed by atoms with E-state index in [0.29, 0.717) is 11.5 Å². The van der Waals surface area contributed by atoms with Gasteiger partial charge in [0.2, 0.25) is 0 Å². The van der Waals surface area contributed by atoms with Crippen LogP contribution in [0, 0.1) is 11.3 Å². The summed E-state index contributed by atoms with van der Waals surface area (Å²) in [5.74, 6) is 0.823. The fourth-order valence-corrected chi connectivity index (χ4v) is 1.46. The van der Waals surface area contributed by atoms with Crippen molar-refractivity contribution in [2.45, 2.75) is 6.54 Å². The highest BCUT2D eigenvalue weighted by molar-refractivity contribution is 5.97. The molecule has 0 aliphatic rings. The van der Waals surface area contributed by atoms with E-state index in [1.807, 2.05) is 6.07 Å². The van der Waals surface area contributed by atoms with E-state index >= 15 is 0 Å². The normalized spacial score (nSPS) is 11.4. The van der Waals surface area contributed by atoms with Gasteiger partial charge in [0, 0.05) is 0 Å². The summed E-state index contributed by atoms with van der Waals surface area (Å²) in [6.45, 7) is 0.243. The van der Waals surface area contributed by atoms with Crippen LogP contribution in [-0.4, -0.2) is 5.91 Å². The third-order valence-electron chi connectivity index (χ3n) is 2.43. The first-order chi connectivity index (χ1) is 9.79. The quantitative estimate of drug-likeness (QED) is 0.513. The number of furan rings is 2.